The minimum atomic E-state index is -0.928. The third-order valence-electron chi connectivity index (χ3n) is 11.5. The number of rotatable bonds is 46. The molecule has 0 saturated heterocycles. The Morgan fingerprint density at radius 2 is 0.542 bits per heavy atom. The van der Waals surface area contributed by atoms with Gasteiger partial charge >= 0.3 is 121 Å². The molecule has 0 saturated carbocycles. The van der Waals surface area contributed by atoms with Gasteiger partial charge in [0.15, 0.2) is 0 Å². The Bertz CT molecular complexity index is 718. The Morgan fingerprint density at radius 1 is 0.339 bits per heavy atom. The van der Waals surface area contributed by atoms with Crippen LogP contribution in [0.2, 0.25) is 8.87 Å². The van der Waals surface area contributed by atoms with Crippen LogP contribution in [-0.2, 0) is 9.59 Å². The second kappa shape index (κ2) is 57.7. The molecule has 0 aliphatic carbocycles. The number of hydrogen-bond donors (Lipinski definition) is 2. The fourth-order valence-electron chi connectivity index (χ4n) is 7.51. The molecule has 6 nitrogen and oxygen atoms in total. The summed E-state index contributed by atoms with van der Waals surface area (Å²) in [6.45, 7) is 9.02. The summed E-state index contributed by atoms with van der Waals surface area (Å²) in [4.78, 5) is 20.5. The number of aliphatic carboxylic acids is 2. The van der Waals surface area contributed by atoms with Crippen molar-refractivity contribution in [3.8, 4) is 0 Å². The van der Waals surface area contributed by atoms with E-state index in [0.29, 0.717) is 0 Å². The SMILES string of the molecule is CCCCCCC(O)CCCCCCCCCCC(=O)[O-].CCCCCCC(O)CCCCCCCCCCC(=O)[O-].CCCCCCC[CH2][Sn+2][CH2]CCCCCCC. The number of unbranched alkanes of at least 4 members (excludes halogenated alkanes) is 30. The molecule has 2 atom stereocenters. The summed E-state index contributed by atoms with van der Waals surface area (Å²) in [6.07, 6.45) is 49.7. The first-order valence-electron chi connectivity index (χ1n) is 26.2. The Morgan fingerprint density at radius 3 is 0.797 bits per heavy atom. The zero-order chi connectivity index (χ0) is 44.1. The van der Waals surface area contributed by atoms with E-state index in [1.807, 2.05) is 0 Å². The van der Waals surface area contributed by atoms with Crippen molar-refractivity contribution in [1.29, 1.82) is 0 Å². The molecular weight excluding hydrogens is 839 g/mol. The quantitative estimate of drug-likeness (QED) is 0.0463. The van der Waals surface area contributed by atoms with E-state index in [2.05, 4.69) is 27.7 Å². The van der Waals surface area contributed by atoms with Gasteiger partial charge in [-0.1, -0.05) is 155 Å². The number of carbonyl (C=O) groups excluding carboxylic acids is 2. The van der Waals surface area contributed by atoms with Crippen molar-refractivity contribution < 1.29 is 30.0 Å². The Kier molecular flexibility index (Phi) is 61.5. The van der Waals surface area contributed by atoms with Gasteiger partial charge < -0.3 is 30.0 Å². The van der Waals surface area contributed by atoms with Crippen LogP contribution in [-0.4, -0.2) is 55.5 Å². The molecule has 352 valence electrons. The molecule has 0 rings (SSSR count). The van der Waals surface area contributed by atoms with Gasteiger partial charge in [-0.15, -0.1) is 0 Å². The molecule has 0 fully saturated rings. The fourth-order valence-corrected chi connectivity index (χ4v) is 11.1. The average Bonchev–Trinajstić information content (AvgIpc) is 3.21. The summed E-state index contributed by atoms with van der Waals surface area (Å²) < 4.78 is 3.31. The Labute approximate surface area is 379 Å². The van der Waals surface area contributed by atoms with Gasteiger partial charge in [0.05, 0.1) is 12.2 Å². The Hall–Kier alpha value is -0.341. The van der Waals surface area contributed by atoms with E-state index in [0.717, 1.165) is 77.0 Å². The molecule has 0 aliphatic heterocycles. The van der Waals surface area contributed by atoms with E-state index >= 15 is 0 Å². The molecular formula is C52H104O6Sn. The van der Waals surface area contributed by atoms with Crippen LogP contribution in [0.5, 0.6) is 0 Å². The van der Waals surface area contributed by atoms with E-state index in [1.165, 1.54) is 167 Å². The summed E-state index contributed by atoms with van der Waals surface area (Å²) in [6, 6.07) is 0. The summed E-state index contributed by atoms with van der Waals surface area (Å²) in [7, 11) is 0. The second-order valence-electron chi connectivity index (χ2n) is 17.8. The van der Waals surface area contributed by atoms with E-state index in [-0.39, 0.29) is 46.2 Å². The van der Waals surface area contributed by atoms with Gasteiger partial charge in [-0.2, -0.15) is 0 Å². The first-order chi connectivity index (χ1) is 28.7. The average molecular weight is 944 g/mol. The van der Waals surface area contributed by atoms with E-state index < -0.39 is 11.9 Å². The first-order valence-corrected chi connectivity index (χ1v) is 30.2. The standard InChI is InChI=1S/2C18H36O3.2C8H17.Sn/c2*1-2-3-4-11-14-17(19)15-12-9-7-5-6-8-10-13-16-18(20)21;2*1-3-5-7-8-6-4-2;/h2*17,19H,2-16H2,1H3,(H,20,21);2*1,3-8H2,2H3;/q;;;;+2/p-2. The number of carbonyl (C=O) groups is 2. The predicted molar refractivity (Wildman–Crippen MR) is 254 cm³/mol. The molecule has 0 radical (unpaired) electrons. The van der Waals surface area contributed by atoms with Crippen LogP contribution in [0.1, 0.15) is 297 Å². The fraction of sp³-hybridized carbons (Fsp3) is 0.962. The van der Waals surface area contributed by atoms with Crippen LogP contribution in [0.25, 0.3) is 0 Å². The zero-order valence-corrected chi connectivity index (χ0v) is 43.1. The van der Waals surface area contributed by atoms with Gasteiger partial charge in [-0.25, -0.2) is 0 Å². The van der Waals surface area contributed by atoms with Gasteiger partial charge in [0.25, 0.3) is 0 Å². The van der Waals surface area contributed by atoms with Gasteiger partial charge in [0, 0.05) is 11.9 Å². The van der Waals surface area contributed by atoms with E-state index in [4.69, 9.17) is 0 Å². The number of carboxylic acid groups (broad SMARTS) is 2. The zero-order valence-electron chi connectivity index (χ0n) is 40.3. The monoisotopic (exact) mass is 945 g/mol. The van der Waals surface area contributed by atoms with Crippen molar-refractivity contribution in [3.05, 3.63) is 0 Å². The molecule has 0 aliphatic rings. The summed E-state index contributed by atoms with van der Waals surface area (Å²) >= 11 is 0.0736. The Balaban J connectivity index is -0.000000803. The number of hydrogen-bond acceptors (Lipinski definition) is 6. The van der Waals surface area contributed by atoms with Crippen molar-refractivity contribution >= 4 is 33.1 Å². The molecule has 7 heteroatoms. The molecule has 0 bridgehead atoms. The normalized spacial score (nSPS) is 11.9. The molecule has 2 unspecified atom stereocenters. The van der Waals surface area contributed by atoms with Crippen molar-refractivity contribution in [3.63, 3.8) is 0 Å². The van der Waals surface area contributed by atoms with Crippen LogP contribution in [0.15, 0.2) is 0 Å². The van der Waals surface area contributed by atoms with Gasteiger partial charge in [-0.05, 0) is 51.4 Å². The van der Waals surface area contributed by atoms with E-state index in [9.17, 15) is 30.0 Å². The second-order valence-corrected chi connectivity index (χ2v) is 22.1. The van der Waals surface area contributed by atoms with Crippen molar-refractivity contribution in [2.45, 2.75) is 318 Å². The maximum absolute atomic E-state index is 10.2. The number of aliphatic hydroxyl groups is 2. The third-order valence-corrected chi connectivity index (χ3v) is 15.6. The summed E-state index contributed by atoms with van der Waals surface area (Å²) in [5.74, 6) is -1.86. The van der Waals surface area contributed by atoms with Gasteiger partial charge in [0.1, 0.15) is 0 Å². The molecule has 0 aromatic heterocycles. The van der Waals surface area contributed by atoms with Crippen LogP contribution >= 0.6 is 0 Å². The molecule has 0 heterocycles. The predicted octanol–water partition coefficient (Wildman–Crippen LogP) is 14.2. The van der Waals surface area contributed by atoms with Crippen molar-refractivity contribution in [1.82, 2.24) is 0 Å². The molecule has 0 spiro atoms. The summed E-state index contributed by atoms with van der Waals surface area (Å²) in [5, 5.41) is 40.1. The van der Waals surface area contributed by atoms with Gasteiger partial charge in [-0.3, -0.25) is 0 Å². The molecule has 2 N–H and O–H groups in total. The number of aliphatic hydroxyl groups excluding tert-OH is 2. The molecule has 59 heavy (non-hydrogen) atoms. The minimum absolute atomic E-state index is 0.0736. The topological polar surface area (TPSA) is 121 Å². The van der Waals surface area contributed by atoms with E-state index in [1.54, 1.807) is 21.7 Å². The third kappa shape index (κ3) is 66.9. The first kappa shape index (κ1) is 63.0. The van der Waals surface area contributed by atoms with Gasteiger partial charge in [0.2, 0.25) is 0 Å². The van der Waals surface area contributed by atoms with Crippen LogP contribution in [0.4, 0.5) is 0 Å². The molecule has 0 amide bonds. The summed E-state index contributed by atoms with van der Waals surface area (Å²) in [5.41, 5.74) is 0. The van der Waals surface area contributed by atoms with Crippen molar-refractivity contribution in [2.75, 3.05) is 0 Å². The number of carboxylic acids is 2. The van der Waals surface area contributed by atoms with Crippen LogP contribution in [0, 0.1) is 0 Å². The van der Waals surface area contributed by atoms with Crippen LogP contribution < -0.4 is 10.2 Å². The van der Waals surface area contributed by atoms with Crippen LogP contribution in [0.3, 0.4) is 0 Å². The maximum atomic E-state index is 10.2. The molecule has 0 aromatic carbocycles. The molecule has 0 aromatic rings. The van der Waals surface area contributed by atoms with Crippen molar-refractivity contribution in [2.24, 2.45) is 0 Å².